The molecule has 0 amide bonds. The molecule has 0 fully saturated rings. The van der Waals surface area contributed by atoms with Gasteiger partial charge in [-0.05, 0) is 31.0 Å². The van der Waals surface area contributed by atoms with Crippen LogP contribution < -0.4 is 5.73 Å². The van der Waals surface area contributed by atoms with Gasteiger partial charge in [0.2, 0.25) is 0 Å². The number of hydrogen-bond donors (Lipinski definition) is 1. The molecule has 0 spiro atoms. The van der Waals surface area contributed by atoms with Crippen LogP contribution in [0.5, 0.6) is 0 Å². The molecule has 1 aromatic carbocycles. The molecule has 3 nitrogen and oxygen atoms in total. The van der Waals surface area contributed by atoms with E-state index in [-0.39, 0.29) is 5.78 Å². The minimum absolute atomic E-state index is 0.164. The number of thioether (sulfide) groups is 1. The number of nitrogens with two attached hydrogens (primary N) is 1. The summed E-state index contributed by atoms with van der Waals surface area (Å²) in [5.74, 6) is 0.657. The number of carbonyl (C=O) groups is 2. The predicted octanol–water partition coefficient (Wildman–Crippen LogP) is 1.44. The molecule has 0 heterocycles. The molecule has 0 aliphatic carbocycles. The molecule has 2 N–H and O–H groups in total. The highest BCUT2D eigenvalue weighted by molar-refractivity contribution is 8.00. The van der Waals surface area contributed by atoms with Crippen molar-refractivity contribution in [3.63, 3.8) is 0 Å². The highest BCUT2D eigenvalue weighted by Crippen LogP contribution is 2.18. The van der Waals surface area contributed by atoms with Gasteiger partial charge in [-0.1, -0.05) is 12.1 Å². The molecule has 16 heavy (non-hydrogen) atoms. The Kier molecular flexibility index (Phi) is 5.22. The largest absolute Gasteiger partial charge is 0.321 e. The van der Waals surface area contributed by atoms with Crippen LogP contribution in [-0.2, 0) is 16.0 Å². The van der Waals surface area contributed by atoms with Crippen molar-refractivity contribution in [2.45, 2.75) is 24.3 Å². The van der Waals surface area contributed by atoms with E-state index in [0.29, 0.717) is 12.2 Å². The lowest BCUT2D eigenvalue weighted by atomic mass is 10.1. The fourth-order valence-electron chi connectivity index (χ4n) is 1.23. The molecule has 86 valence electrons. The first-order chi connectivity index (χ1) is 7.61. The second kappa shape index (κ2) is 6.45. The molecule has 4 heteroatoms. The van der Waals surface area contributed by atoms with Crippen molar-refractivity contribution in [2.75, 3.05) is 5.75 Å². The van der Waals surface area contributed by atoms with Crippen molar-refractivity contribution in [3.05, 3.63) is 29.8 Å². The summed E-state index contributed by atoms with van der Waals surface area (Å²) in [6.07, 6.45) is 1.31. The third-order valence-electron chi connectivity index (χ3n) is 2.01. The Morgan fingerprint density at radius 3 is 2.56 bits per heavy atom. The van der Waals surface area contributed by atoms with Crippen molar-refractivity contribution in [1.29, 1.82) is 0 Å². The molecule has 0 saturated heterocycles. The summed E-state index contributed by atoms with van der Waals surface area (Å²) >= 11 is 1.51. The van der Waals surface area contributed by atoms with Crippen LogP contribution in [0.4, 0.5) is 0 Å². The van der Waals surface area contributed by atoms with Gasteiger partial charge in [0, 0.05) is 4.90 Å². The van der Waals surface area contributed by atoms with Crippen LogP contribution in [0.1, 0.15) is 12.5 Å². The Morgan fingerprint density at radius 2 is 2.06 bits per heavy atom. The zero-order valence-corrected chi connectivity index (χ0v) is 10.00. The van der Waals surface area contributed by atoms with Crippen molar-refractivity contribution in [2.24, 2.45) is 5.73 Å². The minimum atomic E-state index is -0.435. The fraction of sp³-hybridized carbons (Fsp3) is 0.333. The van der Waals surface area contributed by atoms with E-state index < -0.39 is 6.04 Å². The van der Waals surface area contributed by atoms with Crippen LogP contribution in [0, 0.1) is 0 Å². The summed E-state index contributed by atoms with van der Waals surface area (Å²) in [4.78, 5) is 22.2. The lowest BCUT2D eigenvalue weighted by Crippen LogP contribution is -2.23. The molecule has 1 atom stereocenters. The van der Waals surface area contributed by atoms with E-state index in [2.05, 4.69) is 0 Å². The summed E-state index contributed by atoms with van der Waals surface area (Å²) < 4.78 is 0. The van der Waals surface area contributed by atoms with E-state index in [0.717, 1.165) is 16.7 Å². The van der Waals surface area contributed by atoms with E-state index in [4.69, 9.17) is 5.73 Å². The molecule has 0 aliphatic heterocycles. The zero-order valence-electron chi connectivity index (χ0n) is 9.18. The normalized spacial score (nSPS) is 12.1. The maximum Gasteiger partial charge on any atom is 0.140 e. The number of aldehydes is 1. The maximum absolute atomic E-state index is 10.8. The molecule has 1 aromatic rings. The second-order valence-corrected chi connectivity index (χ2v) is 4.69. The van der Waals surface area contributed by atoms with E-state index in [9.17, 15) is 9.59 Å². The maximum atomic E-state index is 10.8. The molecule has 0 saturated carbocycles. The van der Waals surface area contributed by atoms with E-state index in [1.54, 1.807) is 6.92 Å². The number of carbonyl (C=O) groups excluding carboxylic acids is 2. The first kappa shape index (κ1) is 12.9. The Bertz CT molecular complexity index is 362. The average Bonchev–Trinajstić information content (AvgIpc) is 2.28. The topological polar surface area (TPSA) is 60.2 Å². The molecule has 0 unspecified atom stereocenters. The van der Waals surface area contributed by atoms with Crippen molar-refractivity contribution < 1.29 is 9.59 Å². The van der Waals surface area contributed by atoms with Crippen LogP contribution in [0.25, 0.3) is 0 Å². The highest BCUT2D eigenvalue weighted by atomic mass is 32.2. The zero-order chi connectivity index (χ0) is 12.0. The summed E-state index contributed by atoms with van der Waals surface area (Å²) in [6, 6.07) is 7.33. The Hall–Kier alpha value is -1.13. The van der Waals surface area contributed by atoms with Gasteiger partial charge in [0.1, 0.15) is 12.1 Å². The van der Waals surface area contributed by atoms with Gasteiger partial charge in [-0.2, -0.15) is 0 Å². The third kappa shape index (κ3) is 4.59. The third-order valence-corrected chi connectivity index (χ3v) is 3.17. The van der Waals surface area contributed by atoms with E-state index in [1.807, 2.05) is 24.3 Å². The molecule has 0 aliphatic rings. The SMILES string of the molecule is CC(=O)CSc1ccc(C[C@H](N)C=O)cc1. The Labute approximate surface area is 99.4 Å². The molecule has 0 radical (unpaired) electrons. The fourth-order valence-corrected chi connectivity index (χ4v) is 1.93. The van der Waals surface area contributed by atoms with Crippen LogP contribution >= 0.6 is 11.8 Å². The van der Waals surface area contributed by atoms with Crippen LogP contribution in [0.15, 0.2) is 29.2 Å². The number of ketones is 1. The van der Waals surface area contributed by atoms with Crippen molar-refractivity contribution in [1.82, 2.24) is 0 Å². The lowest BCUT2D eigenvalue weighted by molar-refractivity contribution is -0.114. The monoisotopic (exact) mass is 237 g/mol. The van der Waals surface area contributed by atoms with Gasteiger partial charge in [-0.15, -0.1) is 11.8 Å². The Morgan fingerprint density at radius 1 is 1.44 bits per heavy atom. The number of Topliss-reactive ketones (excluding diaryl/α,β-unsaturated/α-hetero) is 1. The van der Waals surface area contributed by atoms with Gasteiger partial charge >= 0.3 is 0 Å². The summed E-state index contributed by atoms with van der Waals surface area (Å²) in [5.41, 5.74) is 6.56. The predicted molar refractivity (Wildman–Crippen MR) is 65.6 cm³/mol. The van der Waals surface area contributed by atoms with Gasteiger partial charge in [0.05, 0.1) is 11.8 Å². The first-order valence-electron chi connectivity index (χ1n) is 5.04. The number of rotatable bonds is 6. The van der Waals surface area contributed by atoms with Gasteiger partial charge in [-0.25, -0.2) is 0 Å². The smallest absolute Gasteiger partial charge is 0.140 e. The molecule has 1 rings (SSSR count). The van der Waals surface area contributed by atoms with Crippen LogP contribution in [-0.4, -0.2) is 23.9 Å². The van der Waals surface area contributed by atoms with Crippen molar-refractivity contribution in [3.8, 4) is 0 Å². The number of hydrogen-bond acceptors (Lipinski definition) is 4. The molecular weight excluding hydrogens is 222 g/mol. The quantitative estimate of drug-likeness (QED) is 0.600. The van der Waals surface area contributed by atoms with Crippen molar-refractivity contribution >= 4 is 23.8 Å². The molecular formula is C12H15NO2S. The van der Waals surface area contributed by atoms with Gasteiger partial charge < -0.3 is 10.5 Å². The molecule has 0 aromatic heterocycles. The van der Waals surface area contributed by atoms with Gasteiger partial charge in [0.25, 0.3) is 0 Å². The average molecular weight is 237 g/mol. The highest BCUT2D eigenvalue weighted by Gasteiger charge is 2.02. The Balaban J connectivity index is 2.53. The molecule has 0 bridgehead atoms. The van der Waals surface area contributed by atoms with Gasteiger partial charge in [-0.3, -0.25) is 4.79 Å². The summed E-state index contributed by atoms with van der Waals surface area (Å²) in [5, 5.41) is 0. The van der Waals surface area contributed by atoms with E-state index in [1.165, 1.54) is 11.8 Å². The standard InChI is InChI=1S/C12H15NO2S/c1-9(15)8-16-12-4-2-10(3-5-12)6-11(13)7-14/h2-5,7,11H,6,8,13H2,1H3/t11-/m0/s1. The summed E-state index contributed by atoms with van der Waals surface area (Å²) in [7, 11) is 0. The second-order valence-electron chi connectivity index (χ2n) is 3.64. The summed E-state index contributed by atoms with van der Waals surface area (Å²) in [6.45, 7) is 1.57. The lowest BCUT2D eigenvalue weighted by Gasteiger charge is -2.05. The van der Waals surface area contributed by atoms with E-state index >= 15 is 0 Å². The van der Waals surface area contributed by atoms with Crippen LogP contribution in [0.3, 0.4) is 0 Å². The van der Waals surface area contributed by atoms with Gasteiger partial charge in [0.15, 0.2) is 0 Å². The first-order valence-corrected chi connectivity index (χ1v) is 6.02. The van der Waals surface area contributed by atoms with Crippen LogP contribution in [0.2, 0.25) is 0 Å². The number of benzene rings is 1. The minimum Gasteiger partial charge on any atom is -0.321 e.